The van der Waals surface area contributed by atoms with Crippen LogP contribution in [0.5, 0.6) is 0 Å². The smallest absolute Gasteiger partial charge is 0.214 e. The first kappa shape index (κ1) is 24.0. The van der Waals surface area contributed by atoms with Crippen molar-refractivity contribution in [3.8, 4) is 17.0 Å². The Morgan fingerprint density at radius 3 is 2.59 bits per heavy atom. The van der Waals surface area contributed by atoms with E-state index in [0.717, 1.165) is 52.2 Å². The van der Waals surface area contributed by atoms with Crippen LogP contribution >= 0.6 is 11.8 Å². The molecule has 4 aromatic rings. The maximum absolute atomic E-state index is 9.62. The fraction of sp³-hybridized carbons (Fsp3) is 0.261. The molecule has 4 rings (SSSR count). The molecule has 2 aromatic heterocycles. The second-order valence-electron chi connectivity index (χ2n) is 7.15. The molecule has 2 N–H and O–H groups in total. The van der Waals surface area contributed by atoms with Gasteiger partial charge in [-0.15, -0.1) is 5.10 Å². The van der Waals surface area contributed by atoms with Crippen molar-refractivity contribution < 1.29 is 21.9 Å². The Kier molecular flexibility index (Phi) is 8.87. The van der Waals surface area contributed by atoms with Crippen LogP contribution in [0.1, 0.15) is 30.8 Å². The van der Waals surface area contributed by atoms with E-state index in [0.29, 0.717) is 6.54 Å². The minimum absolute atomic E-state index is 0. The van der Waals surface area contributed by atoms with E-state index in [1.165, 1.54) is 0 Å². The van der Waals surface area contributed by atoms with Crippen LogP contribution in [-0.4, -0.2) is 37.6 Å². The molecule has 0 fully saturated rings. The van der Waals surface area contributed by atoms with Gasteiger partial charge in [-0.05, 0) is 60.1 Å². The van der Waals surface area contributed by atoms with E-state index in [4.69, 9.17) is 4.42 Å². The van der Waals surface area contributed by atoms with Crippen LogP contribution in [0, 0.1) is 0 Å². The topological polar surface area (TPSA) is 89.0 Å². The number of hydrogen-bond donors (Lipinski definition) is 2. The second kappa shape index (κ2) is 11.8. The SMILES string of the molecule is CC(O)c1ccc(-c2ccc(CNCCCSc3nnnn3-c3ccccc3)o2)cc1.[Cl-]. The highest BCUT2D eigenvalue weighted by atomic mass is 35.5. The number of rotatable bonds is 10. The first-order chi connectivity index (χ1) is 15.2. The van der Waals surface area contributed by atoms with Gasteiger partial charge in [0.25, 0.3) is 0 Å². The van der Waals surface area contributed by atoms with E-state index in [9.17, 15) is 5.11 Å². The second-order valence-corrected chi connectivity index (χ2v) is 8.21. The molecule has 0 aliphatic carbocycles. The average Bonchev–Trinajstić information content (AvgIpc) is 3.46. The summed E-state index contributed by atoms with van der Waals surface area (Å²) in [5.41, 5.74) is 2.86. The summed E-state index contributed by atoms with van der Waals surface area (Å²) in [5, 5.41) is 25.8. The van der Waals surface area contributed by atoms with Crippen LogP contribution < -0.4 is 17.7 Å². The summed E-state index contributed by atoms with van der Waals surface area (Å²) in [5.74, 6) is 2.65. The lowest BCUT2D eigenvalue weighted by atomic mass is 10.1. The lowest BCUT2D eigenvalue weighted by molar-refractivity contribution is -0.00000884. The third-order valence-corrected chi connectivity index (χ3v) is 5.81. The summed E-state index contributed by atoms with van der Waals surface area (Å²) in [4.78, 5) is 0. The van der Waals surface area contributed by atoms with E-state index >= 15 is 0 Å². The van der Waals surface area contributed by atoms with Crippen LogP contribution in [0.15, 0.2) is 76.3 Å². The number of thioether (sulfide) groups is 1. The molecule has 2 aromatic carbocycles. The van der Waals surface area contributed by atoms with E-state index in [-0.39, 0.29) is 12.4 Å². The summed E-state index contributed by atoms with van der Waals surface area (Å²) >= 11 is 1.64. The number of benzene rings is 2. The quantitative estimate of drug-likeness (QED) is 0.266. The largest absolute Gasteiger partial charge is 1.00 e. The fourth-order valence-electron chi connectivity index (χ4n) is 3.13. The zero-order valence-electron chi connectivity index (χ0n) is 17.7. The van der Waals surface area contributed by atoms with Crippen LogP contribution in [0.25, 0.3) is 17.0 Å². The van der Waals surface area contributed by atoms with Crippen molar-refractivity contribution in [3.05, 3.63) is 78.1 Å². The summed E-state index contributed by atoms with van der Waals surface area (Å²) in [7, 11) is 0. The van der Waals surface area contributed by atoms with Crippen LogP contribution in [-0.2, 0) is 6.54 Å². The third-order valence-electron chi connectivity index (χ3n) is 4.81. The molecule has 1 unspecified atom stereocenters. The molecule has 0 bridgehead atoms. The molecule has 0 aliphatic rings. The van der Waals surface area contributed by atoms with Gasteiger partial charge >= 0.3 is 0 Å². The van der Waals surface area contributed by atoms with Gasteiger partial charge in [0, 0.05) is 11.3 Å². The number of halogens is 1. The van der Waals surface area contributed by atoms with Crippen LogP contribution in [0.3, 0.4) is 0 Å². The van der Waals surface area contributed by atoms with Crippen molar-refractivity contribution in [1.29, 1.82) is 0 Å². The highest BCUT2D eigenvalue weighted by Gasteiger charge is 2.09. The van der Waals surface area contributed by atoms with Crippen LogP contribution in [0.2, 0.25) is 0 Å². The molecule has 0 aliphatic heterocycles. The number of hydrogen-bond acceptors (Lipinski definition) is 7. The Labute approximate surface area is 197 Å². The number of aliphatic hydroxyl groups is 1. The minimum Gasteiger partial charge on any atom is -1.00 e. The molecule has 168 valence electrons. The van der Waals surface area contributed by atoms with Crippen molar-refractivity contribution in [2.75, 3.05) is 12.3 Å². The van der Waals surface area contributed by atoms with Crippen molar-refractivity contribution in [2.24, 2.45) is 0 Å². The van der Waals surface area contributed by atoms with E-state index in [1.54, 1.807) is 23.4 Å². The average molecular weight is 471 g/mol. The van der Waals surface area contributed by atoms with Crippen molar-refractivity contribution >= 4 is 11.8 Å². The lowest BCUT2D eigenvalue weighted by Crippen LogP contribution is -3.00. The molecule has 7 nitrogen and oxygen atoms in total. The maximum Gasteiger partial charge on any atom is 0.214 e. The molecule has 0 amide bonds. The highest BCUT2D eigenvalue weighted by Crippen LogP contribution is 2.24. The van der Waals surface area contributed by atoms with E-state index < -0.39 is 6.10 Å². The van der Waals surface area contributed by atoms with Gasteiger partial charge in [0.05, 0.1) is 18.3 Å². The number of aliphatic hydroxyl groups excluding tert-OH is 1. The normalized spacial score (nSPS) is 11.8. The number of furan rings is 1. The van der Waals surface area contributed by atoms with Gasteiger partial charge in [0.1, 0.15) is 11.5 Å². The maximum atomic E-state index is 9.62. The zero-order chi connectivity index (χ0) is 21.5. The summed E-state index contributed by atoms with van der Waals surface area (Å²) in [6, 6.07) is 21.7. The summed E-state index contributed by atoms with van der Waals surface area (Å²) < 4.78 is 7.70. The first-order valence-electron chi connectivity index (χ1n) is 10.2. The summed E-state index contributed by atoms with van der Waals surface area (Å²) in [6.45, 7) is 3.31. The zero-order valence-corrected chi connectivity index (χ0v) is 19.3. The number of aromatic nitrogens is 4. The number of para-hydroxylation sites is 1. The predicted octanol–water partition coefficient (Wildman–Crippen LogP) is 1.25. The fourth-order valence-corrected chi connectivity index (χ4v) is 3.96. The molecule has 32 heavy (non-hydrogen) atoms. The number of nitrogens with zero attached hydrogens (tertiary/aromatic N) is 4. The van der Waals surface area contributed by atoms with Gasteiger partial charge in [-0.2, -0.15) is 4.68 Å². The van der Waals surface area contributed by atoms with Gasteiger partial charge in [-0.1, -0.05) is 54.2 Å². The Balaban J connectivity index is 0.00000289. The van der Waals surface area contributed by atoms with Crippen molar-refractivity contribution in [1.82, 2.24) is 25.5 Å². The first-order valence-corrected chi connectivity index (χ1v) is 11.2. The van der Waals surface area contributed by atoms with Gasteiger partial charge in [-0.25, -0.2) is 0 Å². The predicted molar refractivity (Wildman–Crippen MR) is 121 cm³/mol. The Morgan fingerprint density at radius 2 is 1.84 bits per heavy atom. The van der Waals surface area contributed by atoms with Gasteiger partial charge in [-0.3, -0.25) is 0 Å². The van der Waals surface area contributed by atoms with E-state index in [1.807, 2.05) is 66.7 Å². The molecule has 9 heteroatoms. The molecule has 0 spiro atoms. The van der Waals surface area contributed by atoms with Gasteiger partial charge in [0.15, 0.2) is 0 Å². The standard InChI is InChI=1S/C23H25N5O2S.ClH/c1-17(29)18-8-10-19(11-9-18)22-13-12-21(30-22)16-24-14-5-15-31-23-25-26-27-28(23)20-6-3-2-4-7-20;/h2-4,6-13,17,24,29H,5,14-16H2,1H3;1H/p-1. The van der Waals surface area contributed by atoms with Crippen LogP contribution in [0.4, 0.5) is 0 Å². The summed E-state index contributed by atoms with van der Waals surface area (Å²) in [6.07, 6.45) is 0.523. The molecule has 1 atom stereocenters. The third kappa shape index (κ3) is 6.20. The van der Waals surface area contributed by atoms with Gasteiger partial charge < -0.3 is 27.2 Å². The molecule has 0 radical (unpaired) electrons. The monoisotopic (exact) mass is 470 g/mol. The number of tetrazole rings is 1. The van der Waals surface area contributed by atoms with Gasteiger partial charge in [0.2, 0.25) is 5.16 Å². The molecule has 0 saturated heterocycles. The molecular weight excluding hydrogens is 446 g/mol. The Morgan fingerprint density at radius 1 is 1.06 bits per heavy atom. The highest BCUT2D eigenvalue weighted by molar-refractivity contribution is 7.99. The van der Waals surface area contributed by atoms with Crippen molar-refractivity contribution in [3.63, 3.8) is 0 Å². The Bertz CT molecular complexity index is 1080. The molecule has 2 heterocycles. The Hall–Kier alpha value is -2.65. The minimum atomic E-state index is -0.463. The number of nitrogens with one attached hydrogen (secondary N) is 1. The van der Waals surface area contributed by atoms with Crippen molar-refractivity contribution in [2.45, 2.75) is 31.1 Å². The van der Waals surface area contributed by atoms with E-state index in [2.05, 4.69) is 20.8 Å². The lowest BCUT2D eigenvalue weighted by Gasteiger charge is -2.05. The molecular formula is C23H25ClN5O2S-. The molecule has 0 saturated carbocycles.